The number of aliphatic hydroxyl groups excluding tert-OH is 1. The molecule has 0 bridgehead atoms. The summed E-state index contributed by atoms with van der Waals surface area (Å²) in [5, 5.41) is 14.9. The second-order valence-corrected chi connectivity index (χ2v) is 20.9. The van der Waals surface area contributed by atoms with E-state index in [1.807, 2.05) is 39.0 Å². The third-order valence-corrected chi connectivity index (χ3v) is 12.7. The van der Waals surface area contributed by atoms with Crippen molar-refractivity contribution in [2.45, 2.75) is 106 Å². The molecular weight excluding hydrogens is 805 g/mol. The fraction of sp³-hybridized carbons (Fsp3) is 0.439. The molecule has 0 aliphatic heterocycles. The van der Waals surface area contributed by atoms with Crippen LogP contribution < -0.4 is 5.19 Å². The van der Waals surface area contributed by atoms with E-state index in [1.165, 1.54) is 43.2 Å². The molecule has 5 rings (SSSR count). The molecule has 3 aromatic carbocycles. The molecule has 0 unspecified atom stereocenters. The molecule has 0 amide bonds. The number of benzene rings is 3. The number of nitrogens with zero attached hydrogens (tertiary/aromatic N) is 2. The predicted molar refractivity (Wildman–Crippen MR) is 207 cm³/mol. The predicted octanol–water partition coefficient (Wildman–Crippen LogP) is 11.5. The van der Waals surface area contributed by atoms with Crippen LogP contribution in [0.3, 0.4) is 0 Å². The first kappa shape index (κ1) is 39.7. The van der Waals surface area contributed by atoms with Gasteiger partial charge in [-0.05, 0) is 55.2 Å². The first-order chi connectivity index (χ1) is 22.1. The summed E-state index contributed by atoms with van der Waals surface area (Å²) in [5.74, 6) is 0.547. The number of aliphatic hydroxyl groups is 1. The Morgan fingerprint density at radius 1 is 0.917 bits per heavy atom. The van der Waals surface area contributed by atoms with Crippen molar-refractivity contribution in [3.63, 3.8) is 0 Å². The zero-order valence-electron chi connectivity index (χ0n) is 30.7. The van der Waals surface area contributed by atoms with Gasteiger partial charge in [0.05, 0.1) is 19.3 Å². The van der Waals surface area contributed by atoms with Crippen molar-refractivity contribution in [1.29, 1.82) is 0 Å². The molecule has 0 fully saturated rings. The van der Waals surface area contributed by atoms with Crippen LogP contribution in [0.15, 0.2) is 60.6 Å². The molecule has 7 heteroatoms. The molecule has 0 aliphatic carbocycles. The average Bonchev–Trinajstić information content (AvgIpc) is 3.41. The Labute approximate surface area is 306 Å². The molecule has 0 spiro atoms. The maximum Gasteiger partial charge on any atom is 0.162 e. The number of ketones is 1. The third-order valence-electron chi connectivity index (χ3n) is 9.32. The maximum absolute atomic E-state index is 11.7. The minimum Gasteiger partial charge on any atom is -0.512 e. The van der Waals surface area contributed by atoms with E-state index in [4.69, 9.17) is 9.97 Å². The van der Waals surface area contributed by atoms with Crippen molar-refractivity contribution in [1.82, 2.24) is 9.97 Å². The molecule has 1 N–H and O–H groups in total. The summed E-state index contributed by atoms with van der Waals surface area (Å²) in [6, 6.07) is 19.3. The number of allylic oxidation sites excluding steroid dienone is 2. The average molecular weight is 858 g/mol. The summed E-state index contributed by atoms with van der Waals surface area (Å²) in [6.07, 6.45) is 6.63. The van der Waals surface area contributed by atoms with Crippen molar-refractivity contribution in [2.75, 3.05) is 0 Å². The van der Waals surface area contributed by atoms with Gasteiger partial charge < -0.3 is 5.11 Å². The van der Waals surface area contributed by atoms with Gasteiger partial charge in [0.25, 0.3) is 0 Å². The molecule has 2 heterocycles. The van der Waals surface area contributed by atoms with Crippen LogP contribution in [0.2, 0.25) is 19.6 Å². The fourth-order valence-corrected chi connectivity index (χ4v) is 9.04. The van der Waals surface area contributed by atoms with E-state index in [-0.39, 0.29) is 48.9 Å². The molecule has 259 valence electrons. The Balaban J connectivity index is 0.000000334. The molecule has 1 radical (unpaired) electrons. The zero-order valence-corrected chi connectivity index (χ0v) is 34.9. The Morgan fingerprint density at radius 2 is 1.54 bits per heavy atom. The SMILES string of the molecule is CCC(CC)C(=O)/C=C(\O)C(CC)CC.Cc1cc(C(C)(C)C)cc2c1sc1c(-c3[c-]c4ccccc4c([Si](C)(C)C)c3)ncnc12.[Ir]. The number of hydrogen-bond donors (Lipinski definition) is 1. The molecule has 4 nitrogen and oxygen atoms in total. The van der Waals surface area contributed by atoms with E-state index in [1.54, 1.807) is 6.33 Å². The number of thiophene rings is 1. The number of aromatic nitrogens is 2. The first-order valence-electron chi connectivity index (χ1n) is 17.2. The van der Waals surface area contributed by atoms with Gasteiger partial charge in [0.1, 0.15) is 6.33 Å². The molecule has 48 heavy (non-hydrogen) atoms. The van der Waals surface area contributed by atoms with E-state index >= 15 is 0 Å². The minimum atomic E-state index is -1.56. The van der Waals surface area contributed by atoms with Gasteiger partial charge in [-0.1, -0.05) is 103 Å². The van der Waals surface area contributed by atoms with Gasteiger partial charge in [-0.25, -0.2) is 4.98 Å². The van der Waals surface area contributed by atoms with Gasteiger partial charge in [0, 0.05) is 58.5 Å². The molecular formula is C41H53IrN2O2SSi-. The van der Waals surface area contributed by atoms with Crippen LogP contribution in [-0.2, 0) is 30.3 Å². The summed E-state index contributed by atoms with van der Waals surface area (Å²) in [6.45, 7) is 24.3. The van der Waals surface area contributed by atoms with Crippen LogP contribution in [-0.4, -0.2) is 28.9 Å². The van der Waals surface area contributed by atoms with Crippen molar-refractivity contribution < 1.29 is 30.0 Å². The van der Waals surface area contributed by atoms with Crippen LogP contribution in [0.5, 0.6) is 0 Å². The van der Waals surface area contributed by atoms with Crippen LogP contribution in [0.25, 0.3) is 42.3 Å². The van der Waals surface area contributed by atoms with Crippen molar-refractivity contribution in [3.8, 4) is 11.3 Å². The van der Waals surface area contributed by atoms with E-state index in [0.29, 0.717) is 0 Å². The van der Waals surface area contributed by atoms with E-state index in [2.05, 4.69) is 95.9 Å². The molecule has 0 saturated carbocycles. The third kappa shape index (κ3) is 8.71. The standard InChI is InChI=1S/C28H29N2SSi.C13H24O2.Ir/c1-17-12-20(28(2,3)4)15-22-25-27(31-26(17)22)24(29-16-30-25)19-13-18-10-8-9-11-21(18)23(14-19)32(5,6)7;1-5-10(6-2)12(14)9-13(15)11(7-3)8-4;/h8-12,14-16H,1-7H3;9-11,14H,5-8H2,1-4H3;/q-1;;/b;12-9-;. The quantitative estimate of drug-likeness (QED) is 0.0694. The summed E-state index contributed by atoms with van der Waals surface area (Å²) < 4.78 is 2.46. The fourth-order valence-electron chi connectivity index (χ4n) is 6.23. The number of carbonyl (C=O) groups excluding carboxylic acids is 1. The summed E-state index contributed by atoms with van der Waals surface area (Å²) >= 11 is 1.81. The van der Waals surface area contributed by atoms with Crippen LogP contribution >= 0.6 is 11.3 Å². The summed E-state index contributed by atoms with van der Waals surface area (Å²) in [4.78, 5) is 21.2. The van der Waals surface area contributed by atoms with Gasteiger partial charge in [-0.3, -0.25) is 9.78 Å². The number of carbonyl (C=O) groups is 1. The van der Waals surface area contributed by atoms with E-state index in [9.17, 15) is 9.90 Å². The largest absolute Gasteiger partial charge is 0.512 e. The number of fused-ring (bicyclic) bond motifs is 4. The Bertz CT molecular complexity index is 1910. The molecule has 5 aromatic rings. The van der Waals surface area contributed by atoms with Crippen LogP contribution in [0, 0.1) is 24.8 Å². The molecule has 0 aliphatic rings. The monoisotopic (exact) mass is 858 g/mol. The minimum absolute atomic E-state index is 0. The van der Waals surface area contributed by atoms with Gasteiger partial charge in [0.2, 0.25) is 0 Å². The topological polar surface area (TPSA) is 63.1 Å². The van der Waals surface area contributed by atoms with Crippen molar-refractivity contribution in [2.24, 2.45) is 11.8 Å². The Kier molecular flexibility index (Phi) is 13.5. The second kappa shape index (κ2) is 16.3. The maximum atomic E-state index is 11.7. The van der Waals surface area contributed by atoms with Gasteiger partial charge >= 0.3 is 0 Å². The molecule has 0 saturated heterocycles. The summed E-state index contributed by atoms with van der Waals surface area (Å²) in [5.41, 5.74) is 5.89. The zero-order chi connectivity index (χ0) is 34.7. The normalized spacial score (nSPS) is 12.5. The molecule has 0 atom stereocenters. The van der Waals surface area contributed by atoms with Gasteiger partial charge in [0.15, 0.2) is 5.78 Å². The van der Waals surface area contributed by atoms with Crippen molar-refractivity contribution in [3.05, 3.63) is 77.8 Å². The first-order valence-corrected chi connectivity index (χ1v) is 21.5. The Hall–Kier alpha value is -2.70. The second-order valence-electron chi connectivity index (χ2n) is 14.8. The smallest absolute Gasteiger partial charge is 0.162 e. The van der Waals surface area contributed by atoms with Crippen molar-refractivity contribution >= 4 is 61.5 Å². The molecule has 2 aromatic heterocycles. The van der Waals surface area contributed by atoms with E-state index in [0.717, 1.165) is 47.2 Å². The summed E-state index contributed by atoms with van der Waals surface area (Å²) in [7, 11) is -1.56. The number of hydrogen-bond acceptors (Lipinski definition) is 5. The van der Waals surface area contributed by atoms with Crippen LogP contribution in [0.4, 0.5) is 0 Å². The number of rotatable bonds is 9. The Morgan fingerprint density at radius 3 is 2.12 bits per heavy atom. The number of aryl methyl sites for hydroxylation is 1. The van der Waals surface area contributed by atoms with Gasteiger partial charge in [-0.2, -0.15) is 0 Å². The van der Waals surface area contributed by atoms with Gasteiger partial charge in [-0.15, -0.1) is 40.1 Å². The van der Waals surface area contributed by atoms with E-state index < -0.39 is 8.07 Å². The van der Waals surface area contributed by atoms with Crippen LogP contribution in [0.1, 0.15) is 85.3 Å².